The third-order valence-electron chi connectivity index (χ3n) is 3.04. The van der Waals surface area contributed by atoms with Gasteiger partial charge in [0.15, 0.2) is 0 Å². The molecule has 0 aromatic carbocycles. The molecule has 0 aliphatic heterocycles. The number of hydrogen-bond donors (Lipinski definition) is 1. The minimum absolute atomic E-state index is 0.0992. The van der Waals surface area contributed by atoms with Crippen LogP contribution in [0.25, 0.3) is 0 Å². The number of rotatable bonds is 9. The normalized spacial score (nSPS) is 15.6. The number of ether oxygens (including phenoxy) is 1. The smallest absolute Gasteiger partial charge is 0.0480 e. The van der Waals surface area contributed by atoms with Crippen LogP contribution in [-0.2, 0) is 4.74 Å². The summed E-state index contributed by atoms with van der Waals surface area (Å²) in [5, 5.41) is 0. The molecule has 2 N–H and O–H groups in total. The van der Waals surface area contributed by atoms with Gasteiger partial charge < -0.3 is 10.5 Å². The van der Waals surface area contributed by atoms with Crippen LogP contribution in [-0.4, -0.2) is 43.8 Å². The summed E-state index contributed by atoms with van der Waals surface area (Å²) in [5.41, 5.74) is 6.01. The summed E-state index contributed by atoms with van der Waals surface area (Å²) in [6.45, 7) is 10.4. The predicted octanol–water partition coefficient (Wildman–Crippen LogP) is 1.86. The summed E-state index contributed by atoms with van der Waals surface area (Å²) in [6, 6.07) is 0. The number of methoxy groups -OCH3 is 1. The lowest BCUT2D eigenvalue weighted by molar-refractivity contribution is 0.0682. The van der Waals surface area contributed by atoms with Gasteiger partial charge in [-0.3, -0.25) is 4.90 Å². The molecule has 0 aromatic heterocycles. The second-order valence-corrected chi connectivity index (χ2v) is 4.43. The van der Waals surface area contributed by atoms with Crippen LogP contribution in [0.3, 0.4) is 0 Å². The van der Waals surface area contributed by atoms with Gasteiger partial charge in [0.05, 0.1) is 0 Å². The Bertz CT molecular complexity index is 147. The van der Waals surface area contributed by atoms with Crippen LogP contribution in [0.2, 0.25) is 0 Å². The molecule has 0 amide bonds. The van der Waals surface area contributed by atoms with Crippen LogP contribution in [0, 0.1) is 0 Å². The molecule has 0 radical (unpaired) electrons. The summed E-state index contributed by atoms with van der Waals surface area (Å²) in [5.74, 6) is 0. The minimum Gasteiger partial charge on any atom is -0.385 e. The van der Waals surface area contributed by atoms with Crippen molar-refractivity contribution in [2.24, 2.45) is 5.73 Å². The fourth-order valence-corrected chi connectivity index (χ4v) is 1.90. The lowest BCUT2D eigenvalue weighted by Gasteiger charge is -2.40. The first-order valence-corrected chi connectivity index (χ1v) is 6.08. The van der Waals surface area contributed by atoms with E-state index >= 15 is 0 Å². The van der Waals surface area contributed by atoms with Crippen LogP contribution in [0.1, 0.15) is 40.0 Å². The Labute approximate surface area is 95.0 Å². The first-order chi connectivity index (χ1) is 7.14. The Balaban J connectivity index is 4.37. The fourth-order valence-electron chi connectivity index (χ4n) is 1.90. The van der Waals surface area contributed by atoms with Crippen LogP contribution < -0.4 is 5.73 Å². The van der Waals surface area contributed by atoms with Crippen LogP contribution in [0.4, 0.5) is 0 Å². The van der Waals surface area contributed by atoms with Crippen molar-refractivity contribution in [2.45, 2.75) is 45.6 Å². The fraction of sp³-hybridized carbons (Fsp3) is 1.00. The van der Waals surface area contributed by atoms with Crippen molar-refractivity contribution in [1.29, 1.82) is 0 Å². The maximum Gasteiger partial charge on any atom is 0.0480 e. The molecule has 0 bridgehead atoms. The van der Waals surface area contributed by atoms with E-state index in [1.807, 2.05) is 0 Å². The Kier molecular flexibility index (Phi) is 8.02. The molecule has 0 aliphatic rings. The van der Waals surface area contributed by atoms with Gasteiger partial charge in [0.2, 0.25) is 0 Å². The van der Waals surface area contributed by atoms with E-state index in [2.05, 4.69) is 25.7 Å². The van der Waals surface area contributed by atoms with Gasteiger partial charge in [-0.05, 0) is 39.3 Å². The highest BCUT2D eigenvalue weighted by atomic mass is 16.5. The lowest BCUT2D eigenvalue weighted by Crippen LogP contribution is -2.52. The molecule has 0 fully saturated rings. The molecule has 0 saturated heterocycles. The van der Waals surface area contributed by atoms with Gasteiger partial charge in [-0.1, -0.05) is 13.8 Å². The molecule has 92 valence electrons. The summed E-state index contributed by atoms with van der Waals surface area (Å²) in [4.78, 5) is 2.51. The van der Waals surface area contributed by atoms with Crippen molar-refractivity contribution >= 4 is 0 Å². The third kappa shape index (κ3) is 4.96. The molecular weight excluding hydrogens is 188 g/mol. The highest BCUT2D eigenvalue weighted by Crippen LogP contribution is 2.19. The maximum atomic E-state index is 5.91. The molecule has 0 spiro atoms. The monoisotopic (exact) mass is 216 g/mol. The van der Waals surface area contributed by atoms with Gasteiger partial charge in [0.1, 0.15) is 0 Å². The molecular formula is C12H28N2O. The number of nitrogens with two attached hydrogens (primary N) is 1. The maximum absolute atomic E-state index is 5.91. The Hall–Kier alpha value is -0.120. The second kappa shape index (κ2) is 8.08. The third-order valence-corrected chi connectivity index (χ3v) is 3.04. The van der Waals surface area contributed by atoms with Gasteiger partial charge in [-0.25, -0.2) is 0 Å². The Morgan fingerprint density at radius 3 is 2.07 bits per heavy atom. The largest absolute Gasteiger partial charge is 0.385 e. The van der Waals surface area contributed by atoms with Gasteiger partial charge in [-0.2, -0.15) is 0 Å². The highest BCUT2D eigenvalue weighted by molar-refractivity contribution is 4.87. The average Bonchev–Trinajstić information content (AvgIpc) is 2.25. The van der Waals surface area contributed by atoms with E-state index in [0.29, 0.717) is 6.54 Å². The predicted molar refractivity (Wildman–Crippen MR) is 66.1 cm³/mol. The topological polar surface area (TPSA) is 38.5 Å². The first-order valence-electron chi connectivity index (χ1n) is 6.08. The zero-order valence-corrected chi connectivity index (χ0v) is 10.9. The molecule has 1 unspecified atom stereocenters. The standard InChI is InChI=1S/C12H28N2O/c1-5-8-14(9-6-2)12(3,11-13)7-10-15-4/h5-11,13H2,1-4H3. The molecule has 15 heavy (non-hydrogen) atoms. The van der Waals surface area contributed by atoms with Gasteiger partial charge >= 0.3 is 0 Å². The second-order valence-electron chi connectivity index (χ2n) is 4.43. The molecule has 1 atom stereocenters. The highest BCUT2D eigenvalue weighted by Gasteiger charge is 2.28. The van der Waals surface area contributed by atoms with E-state index < -0.39 is 0 Å². The van der Waals surface area contributed by atoms with E-state index in [0.717, 1.165) is 26.1 Å². The number of hydrogen-bond acceptors (Lipinski definition) is 3. The first kappa shape index (κ1) is 14.9. The zero-order chi connectivity index (χ0) is 11.7. The summed E-state index contributed by atoms with van der Waals surface area (Å²) in [7, 11) is 1.75. The Morgan fingerprint density at radius 2 is 1.73 bits per heavy atom. The van der Waals surface area contributed by atoms with E-state index in [4.69, 9.17) is 10.5 Å². The van der Waals surface area contributed by atoms with Crippen molar-refractivity contribution in [3.63, 3.8) is 0 Å². The quantitative estimate of drug-likeness (QED) is 0.639. The van der Waals surface area contributed by atoms with E-state index in [9.17, 15) is 0 Å². The summed E-state index contributed by atoms with van der Waals surface area (Å²) in [6.07, 6.45) is 3.38. The van der Waals surface area contributed by atoms with E-state index in [-0.39, 0.29) is 5.54 Å². The molecule has 0 aliphatic carbocycles. The summed E-state index contributed by atoms with van der Waals surface area (Å²) < 4.78 is 5.16. The SMILES string of the molecule is CCCN(CCC)C(C)(CN)CCOC. The van der Waals surface area contributed by atoms with Crippen molar-refractivity contribution in [2.75, 3.05) is 33.4 Å². The Morgan fingerprint density at radius 1 is 1.20 bits per heavy atom. The van der Waals surface area contributed by atoms with Crippen LogP contribution in [0.5, 0.6) is 0 Å². The van der Waals surface area contributed by atoms with Gasteiger partial charge in [0.25, 0.3) is 0 Å². The molecule has 0 heterocycles. The van der Waals surface area contributed by atoms with Crippen molar-refractivity contribution in [3.05, 3.63) is 0 Å². The molecule has 0 aromatic rings. The average molecular weight is 216 g/mol. The molecule has 3 nitrogen and oxygen atoms in total. The van der Waals surface area contributed by atoms with Gasteiger partial charge in [0, 0.05) is 25.8 Å². The van der Waals surface area contributed by atoms with E-state index in [1.54, 1.807) is 7.11 Å². The van der Waals surface area contributed by atoms with Crippen molar-refractivity contribution < 1.29 is 4.74 Å². The minimum atomic E-state index is 0.0992. The molecule has 3 heteroatoms. The van der Waals surface area contributed by atoms with Crippen molar-refractivity contribution in [3.8, 4) is 0 Å². The van der Waals surface area contributed by atoms with Crippen molar-refractivity contribution in [1.82, 2.24) is 4.90 Å². The lowest BCUT2D eigenvalue weighted by atomic mass is 9.95. The number of nitrogens with zero attached hydrogens (tertiary/aromatic N) is 1. The van der Waals surface area contributed by atoms with Gasteiger partial charge in [-0.15, -0.1) is 0 Å². The molecule has 0 rings (SSSR count). The van der Waals surface area contributed by atoms with E-state index in [1.165, 1.54) is 12.8 Å². The van der Waals surface area contributed by atoms with Crippen LogP contribution >= 0.6 is 0 Å². The zero-order valence-electron chi connectivity index (χ0n) is 10.9. The summed E-state index contributed by atoms with van der Waals surface area (Å²) >= 11 is 0. The van der Waals surface area contributed by atoms with Crippen LogP contribution in [0.15, 0.2) is 0 Å². The molecule has 0 saturated carbocycles.